The molecule has 1 saturated heterocycles. The molecule has 0 atom stereocenters. The van der Waals surface area contributed by atoms with Crippen LogP contribution < -0.4 is 0 Å². The first-order valence-electron chi connectivity index (χ1n) is 11.0. The molecule has 0 radical (unpaired) electrons. The lowest BCUT2D eigenvalue weighted by Crippen LogP contribution is -2.56. The first kappa shape index (κ1) is 23.6. The molecular formula is C25H34N6O. The van der Waals surface area contributed by atoms with E-state index < -0.39 is 0 Å². The molecule has 3 rings (SSSR count). The van der Waals surface area contributed by atoms with Crippen molar-refractivity contribution < 1.29 is 5.11 Å². The van der Waals surface area contributed by atoms with Gasteiger partial charge in [0.25, 0.3) is 0 Å². The van der Waals surface area contributed by atoms with Crippen LogP contribution in [0.25, 0.3) is 11.2 Å². The minimum Gasteiger partial charge on any atom is -0.507 e. The predicted octanol–water partition coefficient (Wildman–Crippen LogP) is 4.30. The summed E-state index contributed by atoms with van der Waals surface area (Å²) in [7, 11) is 4.18. The minimum absolute atomic E-state index is 0.280. The van der Waals surface area contributed by atoms with E-state index in [4.69, 9.17) is 4.99 Å². The summed E-state index contributed by atoms with van der Waals surface area (Å²) in [5.74, 6) is 1.06. The fourth-order valence-corrected chi connectivity index (χ4v) is 3.63. The molecule has 0 saturated carbocycles. The van der Waals surface area contributed by atoms with Crippen molar-refractivity contribution in [3.05, 3.63) is 65.1 Å². The van der Waals surface area contributed by atoms with Gasteiger partial charge in [-0.2, -0.15) is 0 Å². The van der Waals surface area contributed by atoms with Crippen molar-refractivity contribution in [2.75, 3.05) is 27.2 Å². The summed E-state index contributed by atoms with van der Waals surface area (Å²) in [6.45, 7) is 13.8. The molecule has 1 fully saturated rings. The number of allylic oxidation sites excluding steroid dienone is 2. The lowest BCUT2D eigenvalue weighted by atomic mass is 9.99. The fourth-order valence-electron chi connectivity index (χ4n) is 3.63. The Morgan fingerprint density at radius 3 is 2.50 bits per heavy atom. The molecule has 3 heterocycles. The second-order valence-corrected chi connectivity index (χ2v) is 8.75. The van der Waals surface area contributed by atoms with E-state index in [0.717, 1.165) is 58.8 Å². The third kappa shape index (κ3) is 5.22. The van der Waals surface area contributed by atoms with E-state index in [1.807, 2.05) is 40.0 Å². The maximum absolute atomic E-state index is 11.0. The van der Waals surface area contributed by atoms with Gasteiger partial charge >= 0.3 is 0 Å². The quantitative estimate of drug-likeness (QED) is 0.379. The SMILES string of the molecule is C=C(C)C(/C(O)=C(\C)CC)=C(\N=C(/C)Cc1cnc2nccnc2c1)N1CC(N(C)C)C1. The highest BCUT2D eigenvalue weighted by Crippen LogP contribution is 2.30. The van der Waals surface area contributed by atoms with Gasteiger partial charge < -0.3 is 14.9 Å². The molecule has 2 aromatic heterocycles. The second-order valence-electron chi connectivity index (χ2n) is 8.75. The van der Waals surface area contributed by atoms with Gasteiger partial charge in [0.05, 0.1) is 5.57 Å². The van der Waals surface area contributed by atoms with Gasteiger partial charge in [-0.1, -0.05) is 13.5 Å². The molecular weight excluding hydrogens is 400 g/mol. The first-order valence-corrected chi connectivity index (χ1v) is 11.0. The van der Waals surface area contributed by atoms with Crippen molar-refractivity contribution in [1.29, 1.82) is 0 Å². The van der Waals surface area contributed by atoms with E-state index in [9.17, 15) is 5.11 Å². The largest absolute Gasteiger partial charge is 0.507 e. The molecule has 170 valence electrons. The van der Waals surface area contributed by atoms with Crippen molar-refractivity contribution in [2.45, 2.75) is 46.6 Å². The van der Waals surface area contributed by atoms with Gasteiger partial charge in [0, 0.05) is 49.9 Å². The highest BCUT2D eigenvalue weighted by Gasteiger charge is 2.32. The molecule has 0 unspecified atom stereocenters. The van der Waals surface area contributed by atoms with Gasteiger partial charge in [-0.15, -0.1) is 0 Å². The minimum atomic E-state index is 0.280. The number of likely N-dealkylation sites (N-methyl/N-ethyl adjacent to an activating group) is 1. The number of hydrogen-bond donors (Lipinski definition) is 1. The summed E-state index contributed by atoms with van der Waals surface area (Å²) in [6, 6.07) is 2.47. The van der Waals surface area contributed by atoms with Gasteiger partial charge in [0.15, 0.2) is 5.65 Å². The average molecular weight is 435 g/mol. The molecule has 32 heavy (non-hydrogen) atoms. The zero-order valence-corrected chi connectivity index (χ0v) is 20.1. The number of nitrogens with zero attached hydrogens (tertiary/aromatic N) is 6. The van der Waals surface area contributed by atoms with Crippen molar-refractivity contribution in [3.63, 3.8) is 0 Å². The topological polar surface area (TPSA) is 77.7 Å². The highest BCUT2D eigenvalue weighted by molar-refractivity contribution is 5.86. The molecule has 7 nitrogen and oxygen atoms in total. The van der Waals surface area contributed by atoms with Crippen LogP contribution in [0.15, 0.2) is 64.5 Å². The Morgan fingerprint density at radius 1 is 1.19 bits per heavy atom. The average Bonchev–Trinajstić information content (AvgIpc) is 2.71. The summed E-state index contributed by atoms with van der Waals surface area (Å²) < 4.78 is 0. The van der Waals surface area contributed by atoms with Crippen LogP contribution in [0.3, 0.4) is 0 Å². The van der Waals surface area contributed by atoms with E-state index in [0.29, 0.717) is 18.1 Å². The normalized spacial score (nSPS) is 16.7. The van der Waals surface area contributed by atoms with Crippen LogP contribution in [0.2, 0.25) is 0 Å². The Labute approximate surface area is 190 Å². The molecule has 1 N–H and O–H groups in total. The third-order valence-corrected chi connectivity index (χ3v) is 5.85. The number of hydrogen-bond acceptors (Lipinski definition) is 7. The number of aromatic nitrogens is 3. The van der Waals surface area contributed by atoms with Crippen LogP contribution in [0.5, 0.6) is 0 Å². The Kier molecular flexibility index (Phi) is 7.40. The van der Waals surface area contributed by atoms with Crippen molar-refractivity contribution >= 4 is 16.9 Å². The highest BCUT2D eigenvalue weighted by atomic mass is 16.3. The smallest absolute Gasteiger partial charge is 0.178 e. The maximum Gasteiger partial charge on any atom is 0.178 e. The number of aliphatic imine (C=N–C) groups is 1. The molecule has 2 aromatic rings. The van der Waals surface area contributed by atoms with Gasteiger partial charge in [0.2, 0.25) is 0 Å². The van der Waals surface area contributed by atoms with Crippen LogP contribution in [-0.4, -0.2) is 68.8 Å². The second kappa shape index (κ2) is 10.0. The lowest BCUT2D eigenvalue weighted by molar-refractivity contribution is 0.0919. The number of aliphatic hydroxyl groups excluding tert-OH is 1. The Bertz CT molecular complexity index is 1090. The maximum atomic E-state index is 11.0. The molecule has 0 amide bonds. The molecule has 0 aromatic carbocycles. The van der Waals surface area contributed by atoms with Crippen molar-refractivity contribution in [1.82, 2.24) is 24.8 Å². The van der Waals surface area contributed by atoms with E-state index in [1.165, 1.54) is 0 Å². The van der Waals surface area contributed by atoms with Gasteiger partial charge in [0.1, 0.15) is 17.1 Å². The van der Waals surface area contributed by atoms with Crippen LogP contribution in [0.4, 0.5) is 0 Å². The monoisotopic (exact) mass is 434 g/mol. The Balaban J connectivity index is 1.99. The van der Waals surface area contributed by atoms with Crippen LogP contribution >= 0.6 is 0 Å². The van der Waals surface area contributed by atoms with Crippen LogP contribution in [0, 0.1) is 0 Å². The molecule has 1 aliphatic heterocycles. The summed E-state index contributed by atoms with van der Waals surface area (Å²) in [5, 5.41) is 11.0. The number of likely N-dealkylation sites (tertiary alicyclic amines) is 1. The van der Waals surface area contributed by atoms with E-state index in [1.54, 1.807) is 12.4 Å². The van der Waals surface area contributed by atoms with Crippen LogP contribution in [0.1, 0.15) is 39.7 Å². The van der Waals surface area contributed by atoms with Gasteiger partial charge in [-0.3, -0.25) is 4.98 Å². The third-order valence-electron chi connectivity index (χ3n) is 5.85. The van der Waals surface area contributed by atoms with E-state index >= 15 is 0 Å². The predicted molar refractivity (Wildman–Crippen MR) is 131 cm³/mol. The Morgan fingerprint density at radius 2 is 1.88 bits per heavy atom. The Hall–Kier alpha value is -3.06. The summed E-state index contributed by atoms with van der Waals surface area (Å²) in [5.41, 5.74) is 5.81. The van der Waals surface area contributed by atoms with E-state index in [-0.39, 0.29) is 5.76 Å². The van der Waals surface area contributed by atoms with Gasteiger partial charge in [-0.25, -0.2) is 15.0 Å². The zero-order chi connectivity index (χ0) is 23.4. The number of aliphatic hydroxyl groups is 1. The standard InChI is InChI=1S/C25H34N6O/c1-8-17(4)23(32)22(16(2)3)25(31-14-20(15-31)30(6)7)29-18(5)11-19-12-21-24(28-13-19)27-10-9-26-21/h9-10,12-13,20,32H,2,8,11,14-15H2,1,3-7H3/b23-17-,25-22-,29-18+. The first-order chi connectivity index (χ1) is 15.2. The van der Waals surface area contributed by atoms with Crippen LogP contribution in [-0.2, 0) is 6.42 Å². The lowest BCUT2D eigenvalue weighted by Gasteiger charge is -2.45. The zero-order valence-electron chi connectivity index (χ0n) is 20.1. The number of rotatable bonds is 8. The summed E-state index contributed by atoms with van der Waals surface area (Å²) in [6.07, 6.45) is 6.54. The molecule has 1 aliphatic rings. The van der Waals surface area contributed by atoms with Gasteiger partial charge in [-0.05, 0) is 64.1 Å². The fraction of sp³-hybridized carbons (Fsp3) is 0.440. The van der Waals surface area contributed by atoms with E-state index in [2.05, 4.69) is 45.4 Å². The summed E-state index contributed by atoms with van der Waals surface area (Å²) in [4.78, 5) is 22.5. The summed E-state index contributed by atoms with van der Waals surface area (Å²) >= 11 is 0. The molecule has 0 bridgehead atoms. The molecule has 0 spiro atoms. The number of fused-ring (bicyclic) bond motifs is 1. The number of pyridine rings is 1. The van der Waals surface area contributed by atoms with Crippen molar-refractivity contribution in [2.24, 2.45) is 4.99 Å². The molecule has 7 heteroatoms. The van der Waals surface area contributed by atoms with Crippen molar-refractivity contribution in [3.8, 4) is 0 Å². The molecule has 0 aliphatic carbocycles.